The van der Waals surface area contributed by atoms with Gasteiger partial charge < -0.3 is 4.90 Å². The van der Waals surface area contributed by atoms with Gasteiger partial charge >= 0.3 is 0 Å². The summed E-state index contributed by atoms with van der Waals surface area (Å²) in [6.45, 7) is 8.73. The number of nitrogens with one attached hydrogen (secondary N) is 1. The van der Waals surface area contributed by atoms with Crippen molar-refractivity contribution >= 4 is 5.84 Å². The van der Waals surface area contributed by atoms with Crippen molar-refractivity contribution < 1.29 is 0 Å². The van der Waals surface area contributed by atoms with E-state index in [9.17, 15) is 0 Å². The van der Waals surface area contributed by atoms with Gasteiger partial charge in [0.05, 0.1) is 5.84 Å². The van der Waals surface area contributed by atoms with Gasteiger partial charge in [0.2, 0.25) is 0 Å². The maximum atomic E-state index is 7.98. The Morgan fingerprint density at radius 2 is 2.07 bits per heavy atom. The van der Waals surface area contributed by atoms with Gasteiger partial charge in [0, 0.05) is 19.0 Å². The maximum Gasteiger partial charge on any atom is 0.0983 e. The number of likely N-dealkylation sites (tertiary alicyclic amines) is 1. The largest absolute Gasteiger partial charge is 0.360 e. The van der Waals surface area contributed by atoms with E-state index in [4.69, 9.17) is 5.41 Å². The summed E-state index contributed by atoms with van der Waals surface area (Å²) < 4.78 is 0. The van der Waals surface area contributed by atoms with E-state index in [1.54, 1.807) is 0 Å². The monoisotopic (exact) mass is 196 g/mol. The third kappa shape index (κ3) is 3.00. The summed E-state index contributed by atoms with van der Waals surface area (Å²) in [6, 6.07) is 0. The molecule has 2 heteroatoms. The number of amidine groups is 1. The molecule has 14 heavy (non-hydrogen) atoms. The summed E-state index contributed by atoms with van der Waals surface area (Å²) in [6.07, 6.45) is 5.22. The Labute approximate surface area is 88.2 Å². The first kappa shape index (κ1) is 11.5. The smallest absolute Gasteiger partial charge is 0.0983 e. The van der Waals surface area contributed by atoms with Crippen molar-refractivity contribution in [2.24, 2.45) is 11.8 Å². The lowest BCUT2D eigenvalue weighted by Crippen LogP contribution is -2.34. The molecule has 0 spiro atoms. The van der Waals surface area contributed by atoms with Crippen molar-refractivity contribution in [2.75, 3.05) is 13.1 Å². The zero-order valence-electron chi connectivity index (χ0n) is 9.84. The fourth-order valence-electron chi connectivity index (χ4n) is 2.18. The van der Waals surface area contributed by atoms with Crippen LogP contribution in [0.3, 0.4) is 0 Å². The lowest BCUT2D eigenvalue weighted by molar-refractivity contribution is 0.395. The molecule has 82 valence electrons. The van der Waals surface area contributed by atoms with Crippen molar-refractivity contribution in [3.8, 4) is 0 Å². The first-order valence-corrected chi connectivity index (χ1v) is 5.98. The van der Waals surface area contributed by atoms with Gasteiger partial charge in [0.1, 0.15) is 0 Å². The summed E-state index contributed by atoms with van der Waals surface area (Å²) >= 11 is 0. The van der Waals surface area contributed by atoms with Crippen LogP contribution < -0.4 is 0 Å². The fraction of sp³-hybridized carbons (Fsp3) is 0.917. The normalized spacial score (nSPS) is 23.7. The number of nitrogens with zero attached hydrogens (tertiary/aromatic N) is 1. The molecule has 0 aromatic heterocycles. The average Bonchev–Trinajstić information content (AvgIpc) is 2.41. The zero-order valence-corrected chi connectivity index (χ0v) is 9.84. The Hall–Kier alpha value is -0.530. The molecule has 1 heterocycles. The van der Waals surface area contributed by atoms with Crippen LogP contribution in [0.5, 0.6) is 0 Å². The molecule has 1 aliphatic rings. The van der Waals surface area contributed by atoms with E-state index in [-0.39, 0.29) is 0 Å². The predicted molar refractivity (Wildman–Crippen MR) is 61.8 cm³/mol. The molecule has 1 unspecified atom stereocenters. The van der Waals surface area contributed by atoms with Gasteiger partial charge in [-0.15, -0.1) is 0 Å². The molecule has 0 aromatic carbocycles. The van der Waals surface area contributed by atoms with E-state index >= 15 is 0 Å². The lowest BCUT2D eigenvalue weighted by atomic mass is 9.98. The highest BCUT2D eigenvalue weighted by molar-refractivity contribution is 5.80. The van der Waals surface area contributed by atoms with Gasteiger partial charge in [-0.2, -0.15) is 0 Å². The molecule has 0 aliphatic carbocycles. The summed E-state index contributed by atoms with van der Waals surface area (Å²) in [7, 11) is 0. The van der Waals surface area contributed by atoms with Crippen LogP contribution in [0.1, 0.15) is 46.5 Å². The van der Waals surface area contributed by atoms with Crippen LogP contribution in [0, 0.1) is 17.2 Å². The van der Waals surface area contributed by atoms with Gasteiger partial charge in [-0.3, -0.25) is 5.41 Å². The highest BCUT2D eigenvalue weighted by Gasteiger charge is 2.18. The molecule has 1 rings (SSSR count). The van der Waals surface area contributed by atoms with Crippen molar-refractivity contribution in [3.05, 3.63) is 0 Å². The summed E-state index contributed by atoms with van der Waals surface area (Å²) in [5.74, 6) is 2.12. The van der Waals surface area contributed by atoms with E-state index in [2.05, 4.69) is 25.7 Å². The third-order valence-corrected chi connectivity index (χ3v) is 3.31. The Morgan fingerprint density at radius 1 is 1.36 bits per heavy atom. The zero-order chi connectivity index (χ0) is 10.6. The number of hydrogen-bond acceptors (Lipinski definition) is 1. The molecule has 1 N–H and O–H groups in total. The van der Waals surface area contributed by atoms with Gasteiger partial charge in [0.15, 0.2) is 0 Å². The highest BCUT2D eigenvalue weighted by Crippen LogP contribution is 2.21. The first-order chi connectivity index (χ1) is 6.65. The second-order valence-corrected chi connectivity index (χ2v) is 4.73. The second-order valence-electron chi connectivity index (χ2n) is 4.73. The maximum absolute atomic E-state index is 7.98. The Bertz CT molecular complexity index is 187. The topological polar surface area (TPSA) is 27.1 Å². The van der Waals surface area contributed by atoms with Crippen LogP contribution in [-0.2, 0) is 0 Å². The molecule has 0 aromatic rings. The second kappa shape index (κ2) is 5.38. The van der Waals surface area contributed by atoms with E-state index in [1.807, 2.05) is 0 Å². The van der Waals surface area contributed by atoms with E-state index in [1.165, 1.54) is 25.7 Å². The van der Waals surface area contributed by atoms with Gasteiger partial charge in [-0.05, 0) is 25.2 Å². The van der Waals surface area contributed by atoms with Crippen molar-refractivity contribution in [1.29, 1.82) is 5.41 Å². The van der Waals surface area contributed by atoms with Crippen molar-refractivity contribution in [2.45, 2.75) is 46.5 Å². The minimum absolute atomic E-state index is 0.383. The summed E-state index contributed by atoms with van der Waals surface area (Å²) in [4.78, 5) is 2.28. The molecular weight excluding hydrogens is 172 g/mol. The third-order valence-electron chi connectivity index (χ3n) is 3.31. The van der Waals surface area contributed by atoms with Crippen LogP contribution in [0.4, 0.5) is 0 Å². The SMILES string of the molecule is CCC1CCCN(C(=N)C(C)C)CC1. The summed E-state index contributed by atoms with van der Waals surface area (Å²) in [5.41, 5.74) is 0. The first-order valence-electron chi connectivity index (χ1n) is 5.98. The molecule has 0 radical (unpaired) electrons. The Kier molecular flexibility index (Phi) is 4.43. The quantitative estimate of drug-likeness (QED) is 0.533. The molecule has 2 nitrogen and oxygen atoms in total. The minimum Gasteiger partial charge on any atom is -0.360 e. The molecule has 1 saturated heterocycles. The van der Waals surface area contributed by atoms with Crippen LogP contribution in [0.25, 0.3) is 0 Å². The number of rotatable bonds is 2. The highest BCUT2D eigenvalue weighted by atomic mass is 15.2. The van der Waals surface area contributed by atoms with E-state index in [0.29, 0.717) is 5.92 Å². The van der Waals surface area contributed by atoms with Crippen LogP contribution in [0.2, 0.25) is 0 Å². The molecule has 1 atom stereocenters. The molecule has 0 amide bonds. The van der Waals surface area contributed by atoms with Gasteiger partial charge in [0.25, 0.3) is 0 Å². The lowest BCUT2D eigenvalue weighted by Gasteiger charge is -2.25. The van der Waals surface area contributed by atoms with Crippen LogP contribution in [0.15, 0.2) is 0 Å². The van der Waals surface area contributed by atoms with Crippen molar-refractivity contribution in [1.82, 2.24) is 4.90 Å². The van der Waals surface area contributed by atoms with Crippen molar-refractivity contribution in [3.63, 3.8) is 0 Å². The molecule has 1 aliphatic heterocycles. The molecule has 0 bridgehead atoms. The summed E-state index contributed by atoms with van der Waals surface area (Å²) in [5, 5.41) is 7.98. The molecule has 1 fully saturated rings. The van der Waals surface area contributed by atoms with E-state index in [0.717, 1.165) is 24.8 Å². The standard InChI is InChI=1S/C12H24N2/c1-4-11-6-5-8-14(9-7-11)12(13)10(2)3/h10-11,13H,4-9H2,1-3H3. The average molecular weight is 196 g/mol. The van der Waals surface area contributed by atoms with Gasteiger partial charge in [-0.1, -0.05) is 27.2 Å². The predicted octanol–water partition coefficient (Wildman–Crippen LogP) is 3.13. The molecule has 0 saturated carbocycles. The fourth-order valence-corrected chi connectivity index (χ4v) is 2.18. The number of hydrogen-bond donors (Lipinski definition) is 1. The Balaban J connectivity index is 2.45. The van der Waals surface area contributed by atoms with Crippen LogP contribution >= 0.6 is 0 Å². The minimum atomic E-state index is 0.383. The Morgan fingerprint density at radius 3 is 2.64 bits per heavy atom. The van der Waals surface area contributed by atoms with Gasteiger partial charge in [-0.25, -0.2) is 0 Å². The van der Waals surface area contributed by atoms with Crippen LogP contribution in [-0.4, -0.2) is 23.8 Å². The molecular formula is C12H24N2. The van der Waals surface area contributed by atoms with E-state index < -0.39 is 0 Å².